The van der Waals surface area contributed by atoms with Crippen LogP contribution in [0, 0.1) is 0 Å². The average molecular weight is 300 g/mol. The quantitative estimate of drug-likeness (QED) is 0.815. The molecule has 4 heteroatoms. The first kappa shape index (κ1) is 16.3. The Labute approximate surface area is 131 Å². The number of anilines is 1. The van der Waals surface area contributed by atoms with Crippen LogP contribution in [0.4, 0.5) is 5.69 Å². The fourth-order valence-corrected chi connectivity index (χ4v) is 2.35. The van der Waals surface area contributed by atoms with E-state index in [1.807, 2.05) is 37.3 Å². The number of hydrogen-bond donors (Lipinski definition) is 2. The van der Waals surface area contributed by atoms with Crippen LogP contribution in [0.3, 0.4) is 0 Å². The molecule has 4 nitrogen and oxygen atoms in total. The zero-order chi connectivity index (χ0) is 15.9. The Morgan fingerprint density at radius 2 is 1.91 bits per heavy atom. The minimum Gasteiger partial charge on any atom is -0.468 e. The fourth-order valence-electron chi connectivity index (χ4n) is 2.35. The van der Waals surface area contributed by atoms with Gasteiger partial charge in [-0.3, -0.25) is 4.79 Å². The molecule has 1 heterocycles. The minimum absolute atomic E-state index is 0.0209. The zero-order valence-corrected chi connectivity index (χ0v) is 13.4. The molecule has 0 bridgehead atoms. The van der Waals surface area contributed by atoms with Crippen LogP contribution >= 0.6 is 0 Å². The van der Waals surface area contributed by atoms with Crippen LogP contribution in [-0.2, 0) is 11.3 Å². The maximum absolute atomic E-state index is 12.2. The Balaban J connectivity index is 1.84. The summed E-state index contributed by atoms with van der Waals surface area (Å²) >= 11 is 0. The van der Waals surface area contributed by atoms with Crippen LogP contribution in [-0.4, -0.2) is 11.9 Å². The molecule has 22 heavy (non-hydrogen) atoms. The number of rotatable bonds is 7. The summed E-state index contributed by atoms with van der Waals surface area (Å²) in [5, 5.41) is 6.30. The lowest BCUT2D eigenvalue weighted by molar-refractivity contribution is -0.116. The Morgan fingerprint density at radius 1 is 1.14 bits per heavy atom. The Hall–Kier alpha value is -2.07. The van der Waals surface area contributed by atoms with Crippen LogP contribution in [0.5, 0.6) is 0 Å². The maximum Gasteiger partial charge on any atom is 0.225 e. The number of amides is 1. The van der Waals surface area contributed by atoms with E-state index in [2.05, 4.69) is 30.5 Å². The standard InChI is InChI=1S/C18H24N2O2/c1-13(2)16-8-4-5-9-17(16)20-18(21)11-14(3)19-12-15-7-6-10-22-15/h4-10,13-14,19H,11-12H2,1-3H3,(H,20,21). The number of carbonyl (C=O) groups excluding carboxylic acids is 1. The van der Waals surface area contributed by atoms with E-state index < -0.39 is 0 Å². The maximum atomic E-state index is 12.2. The Bertz CT molecular complexity index is 591. The first-order chi connectivity index (χ1) is 10.6. The first-order valence-electron chi connectivity index (χ1n) is 7.70. The second kappa shape index (κ2) is 7.80. The van der Waals surface area contributed by atoms with Gasteiger partial charge >= 0.3 is 0 Å². The van der Waals surface area contributed by atoms with E-state index >= 15 is 0 Å². The van der Waals surface area contributed by atoms with Gasteiger partial charge < -0.3 is 15.1 Å². The molecular formula is C18H24N2O2. The van der Waals surface area contributed by atoms with Crippen molar-refractivity contribution in [1.29, 1.82) is 0 Å². The Morgan fingerprint density at radius 3 is 2.59 bits per heavy atom. The molecule has 2 rings (SSSR count). The second-order valence-corrected chi connectivity index (χ2v) is 5.86. The molecule has 1 aromatic heterocycles. The highest BCUT2D eigenvalue weighted by molar-refractivity contribution is 5.91. The monoisotopic (exact) mass is 300 g/mol. The summed E-state index contributed by atoms with van der Waals surface area (Å²) in [4.78, 5) is 12.2. The van der Waals surface area contributed by atoms with Crippen LogP contribution in [0.1, 0.15) is 44.4 Å². The lowest BCUT2D eigenvalue weighted by Crippen LogP contribution is -2.30. The number of nitrogens with one attached hydrogen (secondary N) is 2. The molecule has 0 aliphatic rings. The van der Waals surface area contributed by atoms with Gasteiger partial charge in [-0.2, -0.15) is 0 Å². The summed E-state index contributed by atoms with van der Waals surface area (Å²) in [6.07, 6.45) is 2.07. The van der Waals surface area contributed by atoms with Gasteiger partial charge in [-0.25, -0.2) is 0 Å². The summed E-state index contributed by atoms with van der Waals surface area (Å²) < 4.78 is 5.26. The largest absolute Gasteiger partial charge is 0.468 e. The first-order valence-corrected chi connectivity index (χ1v) is 7.70. The van der Waals surface area contributed by atoms with Gasteiger partial charge in [0.2, 0.25) is 5.91 Å². The fraction of sp³-hybridized carbons (Fsp3) is 0.389. The molecule has 0 saturated carbocycles. The highest BCUT2D eigenvalue weighted by Gasteiger charge is 2.12. The summed E-state index contributed by atoms with van der Waals surface area (Å²) in [6, 6.07) is 11.8. The zero-order valence-electron chi connectivity index (χ0n) is 13.4. The lowest BCUT2D eigenvalue weighted by Gasteiger charge is -2.16. The van der Waals surface area contributed by atoms with Gasteiger partial charge in [0.05, 0.1) is 12.8 Å². The van der Waals surface area contributed by atoms with Crippen molar-refractivity contribution in [3.63, 3.8) is 0 Å². The van der Waals surface area contributed by atoms with Crippen molar-refractivity contribution in [3.8, 4) is 0 Å². The summed E-state index contributed by atoms with van der Waals surface area (Å²) in [5.41, 5.74) is 2.06. The van der Waals surface area contributed by atoms with Crippen LogP contribution in [0.2, 0.25) is 0 Å². The lowest BCUT2D eigenvalue weighted by atomic mass is 10.0. The van der Waals surface area contributed by atoms with Gasteiger partial charge in [0, 0.05) is 18.2 Å². The smallest absolute Gasteiger partial charge is 0.225 e. The highest BCUT2D eigenvalue weighted by atomic mass is 16.3. The molecule has 118 valence electrons. The van der Waals surface area contributed by atoms with E-state index in [0.29, 0.717) is 18.9 Å². The molecule has 1 atom stereocenters. The highest BCUT2D eigenvalue weighted by Crippen LogP contribution is 2.23. The van der Waals surface area contributed by atoms with Crippen molar-refractivity contribution in [2.24, 2.45) is 0 Å². The number of benzene rings is 1. The van der Waals surface area contributed by atoms with E-state index in [1.165, 1.54) is 0 Å². The average Bonchev–Trinajstić information content (AvgIpc) is 2.98. The molecule has 0 saturated heterocycles. The molecule has 0 spiro atoms. The molecule has 2 N–H and O–H groups in total. The van der Waals surface area contributed by atoms with Gasteiger partial charge in [0.15, 0.2) is 0 Å². The van der Waals surface area contributed by atoms with Crippen molar-refractivity contribution in [3.05, 3.63) is 54.0 Å². The van der Waals surface area contributed by atoms with Crippen molar-refractivity contribution in [2.75, 3.05) is 5.32 Å². The van der Waals surface area contributed by atoms with Gasteiger partial charge in [-0.05, 0) is 36.6 Å². The molecule has 0 fully saturated rings. The summed E-state index contributed by atoms with van der Waals surface area (Å²) in [6.45, 7) is 6.87. The van der Waals surface area contributed by atoms with Crippen LogP contribution in [0.15, 0.2) is 47.1 Å². The van der Waals surface area contributed by atoms with Crippen molar-refractivity contribution >= 4 is 11.6 Å². The van der Waals surface area contributed by atoms with E-state index in [0.717, 1.165) is 17.0 Å². The summed E-state index contributed by atoms with van der Waals surface area (Å²) in [5.74, 6) is 1.27. The summed E-state index contributed by atoms with van der Waals surface area (Å²) in [7, 11) is 0. The third-order valence-corrected chi connectivity index (χ3v) is 3.55. The number of furan rings is 1. The molecule has 1 unspecified atom stereocenters. The van der Waals surface area contributed by atoms with E-state index in [9.17, 15) is 4.79 Å². The molecule has 1 aromatic carbocycles. The molecule has 1 amide bonds. The molecule has 0 radical (unpaired) electrons. The number of carbonyl (C=O) groups is 1. The third kappa shape index (κ3) is 4.74. The van der Waals surface area contributed by atoms with Gasteiger partial charge in [0.1, 0.15) is 5.76 Å². The van der Waals surface area contributed by atoms with Gasteiger partial charge in [0.25, 0.3) is 0 Å². The van der Waals surface area contributed by atoms with Crippen molar-refractivity contribution in [2.45, 2.75) is 45.7 Å². The van der Waals surface area contributed by atoms with Crippen molar-refractivity contribution < 1.29 is 9.21 Å². The topological polar surface area (TPSA) is 54.3 Å². The van der Waals surface area contributed by atoms with Gasteiger partial charge in [-0.1, -0.05) is 32.0 Å². The number of hydrogen-bond acceptors (Lipinski definition) is 3. The number of para-hydroxylation sites is 1. The minimum atomic E-state index is 0.0209. The normalized spacial score (nSPS) is 12.4. The SMILES string of the molecule is CC(CC(=O)Nc1ccccc1C(C)C)NCc1ccco1. The predicted molar refractivity (Wildman–Crippen MR) is 88.8 cm³/mol. The van der Waals surface area contributed by atoms with E-state index in [4.69, 9.17) is 4.42 Å². The van der Waals surface area contributed by atoms with Crippen molar-refractivity contribution in [1.82, 2.24) is 5.32 Å². The molecule has 0 aliphatic heterocycles. The molecule has 0 aliphatic carbocycles. The Kier molecular flexibility index (Phi) is 5.78. The van der Waals surface area contributed by atoms with E-state index in [-0.39, 0.29) is 11.9 Å². The van der Waals surface area contributed by atoms with Crippen LogP contribution in [0.25, 0.3) is 0 Å². The molecular weight excluding hydrogens is 276 g/mol. The predicted octanol–water partition coefficient (Wildman–Crippen LogP) is 3.91. The van der Waals surface area contributed by atoms with Crippen LogP contribution < -0.4 is 10.6 Å². The van der Waals surface area contributed by atoms with Gasteiger partial charge in [-0.15, -0.1) is 0 Å². The second-order valence-electron chi connectivity index (χ2n) is 5.86. The molecule has 2 aromatic rings. The third-order valence-electron chi connectivity index (χ3n) is 3.55. The van der Waals surface area contributed by atoms with E-state index in [1.54, 1.807) is 6.26 Å².